The van der Waals surface area contributed by atoms with Crippen LogP contribution in [0.15, 0.2) is 16.9 Å². The Hall–Kier alpha value is -2.98. The predicted octanol–water partition coefficient (Wildman–Crippen LogP) is -2.15. The molecule has 1 aromatic heterocycles. The number of hydrogen-bond acceptors (Lipinski definition) is 8. The molecule has 0 aliphatic carbocycles. The molecule has 2 unspecified atom stereocenters. The van der Waals surface area contributed by atoms with E-state index >= 15 is 0 Å². The molecule has 0 bridgehead atoms. The molecule has 9 N–H and O–H groups in total. The molecule has 0 radical (unpaired) electrons. The number of nitrogens with zero attached hydrogens (tertiary/aromatic N) is 2. The quantitative estimate of drug-likeness (QED) is 0.289. The van der Waals surface area contributed by atoms with Crippen LogP contribution in [-0.2, 0) is 15.3 Å². The van der Waals surface area contributed by atoms with Crippen LogP contribution >= 0.6 is 0 Å². The Labute approximate surface area is 135 Å². The smallest absolute Gasteiger partial charge is 0.269 e. The van der Waals surface area contributed by atoms with Crippen molar-refractivity contribution in [1.29, 1.82) is 0 Å². The fourth-order valence-corrected chi connectivity index (χ4v) is 2.98. The lowest BCUT2D eigenvalue weighted by molar-refractivity contribution is -0.142. The second kappa shape index (κ2) is 5.01. The summed E-state index contributed by atoms with van der Waals surface area (Å²) in [5.74, 6) is -1.27. The van der Waals surface area contributed by atoms with Crippen molar-refractivity contribution in [3.05, 3.63) is 28.3 Å². The number of piperidine rings is 1. The highest BCUT2D eigenvalue weighted by Crippen LogP contribution is 2.24. The van der Waals surface area contributed by atoms with E-state index in [4.69, 9.17) is 22.9 Å². The summed E-state index contributed by atoms with van der Waals surface area (Å²) in [4.78, 5) is 41.0. The van der Waals surface area contributed by atoms with Gasteiger partial charge in [0.05, 0.1) is 16.9 Å². The number of anilines is 2. The monoisotopic (exact) mass is 331 g/mol. The number of imide groups is 1. The molecular formula is C14H17N7O3. The molecule has 10 heteroatoms. The molecule has 0 saturated carbocycles. The molecule has 126 valence electrons. The number of hydrogen-bond donors (Lipinski definition) is 5. The first-order chi connectivity index (χ1) is 11.2. The molecule has 1 aliphatic heterocycles. The van der Waals surface area contributed by atoms with Crippen LogP contribution in [0.2, 0.25) is 0 Å². The number of carbonyl (C=O) groups is 2. The summed E-state index contributed by atoms with van der Waals surface area (Å²) < 4.78 is 0.980. The highest BCUT2D eigenvalue weighted by Gasteiger charge is 2.49. The Morgan fingerprint density at radius 2 is 1.96 bits per heavy atom. The Balaban J connectivity index is 2.36. The largest absolute Gasteiger partial charge is 0.399 e. The molecule has 1 aliphatic rings. The minimum Gasteiger partial charge on any atom is -0.399 e. The molecule has 2 amide bonds. The van der Waals surface area contributed by atoms with E-state index in [-0.39, 0.29) is 28.8 Å². The van der Waals surface area contributed by atoms with Crippen LogP contribution in [0.1, 0.15) is 12.2 Å². The van der Waals surface area contributed by atoms with E-state index < -0.39 is 29.1 Å². The Morgan fingerprint density at radius 1 is 1.29 bits per heavy atom. The first-order valence-corrected chi connectivity index (χ1v) is 7.13. The van der Waals surface area contributed by atoms with Crippen LogP contribution in [-0.4, -0.2) is 27.4 Å². The molecule has 2 aromatic rings. The number of aryl methyl sites for hydroxylation is 1. The molecule has 1 saturated heterocycles. The Kier molecular flexibility index (Phi) is 3.32. The van der Waals surface area contributed by atoms with Crippen molar-refractivity contribution >= 4 is 34.1 Å². The van der Waals surface area contributed by atoms with Crippen LogP contribution < -0.4 is 33.8 Å². The fraction of sp³-hybridized carbons (Fsp3) is 0.286. The summed E-state index contributed by atoms with van der Waals surface area (Å²) in [5, 5.41) is 2.18. The third-order valence-corrected chi connectivity index (χ3v) is 4.15. The van der Waals surface area contributed by atoms with Crippen molar-refractivity contribution in [2.45, 2.75) is 25.0 Å². The molecular weight excluding hydrogens is 314 g/mol. The number of rotatable bonds is 1. The van der Waals surface area contributed by atoms with Gasteiger partial charge in [-0.1, -0.05) is 0 Å². The Bertz CT molecular complexity index is 952. The molecule has 2 atom stereocenters. The maximum Gasteiger partial charge on any atom is 0.269 e. The van der Waals surface area contributed by atoms with Crippen LogP contribution in [0.25, 0.3) is 10.9 Å². The van der Waals surface area contributed by atoms with E-state index in [1.165, 1.54) is 19.1 Å². The lowest BCUT2D eigenvalue weighted by Crippen LogP contribution is -2.72. The van der Waals surface area contributed by atoms with Crippen molar-refractivity contribution in [2.24, 2.45) is 11.5 Å². The van der Waals surface area contributed by atoms with Crippen LogP contribution in [0.4, 0.5) is 11.4 Å². The molecule has 2 heterocycles. The standard InChI is InChI=1S/C14H17N7O3/c1-5-19-8-3-6(15)2-7(16)11(8)12(23)21(5)14(18)9(17)4-10(22)20-13(14)24/h2-3,9H,4,15-18H2,1H3,(H,20,22,24). The van der Waals surface area contributed by atoms with Gasteiger partial charge in [-0.15, -0.1) is 0 Å². The van der Waals surface area contributed by atoms with Crippen LogP contribution in [0.5, 0.6) is 0 Å². The summed E-state index contributed by atoms with van der Waals surface area (Å²) >= 11 is 0. The molecule has 1 aromatic carbocycles. The highest BCUT2D eigenvalue weighted by atomic mass is 16.2. The van der Waals surface area contributed by atoms with Gasteiger partial charge in [0, 0.05) is 17.8 Å². The maximum absolute atomic E-state index is 13.0. The first-order valence-electron chi connectivity index (χ1n) is 7.13. The number of amides is 2. The van der Waals surface area contributed by atoms with Gasteiger partial charge in [-0.2, -0.15) is 0 Å². The van der Waals surface area contributed by atoms with Crippen LogP contribution in [0.3, 0.4) is 0 Å². The van der Waals surface area contributed by atoms with Crippen molar-refractivity contribution < 1.29 is 9.59 Å². The second-order valence-corrected chi connectivity index (χ2v) is 5.82. The first kappa shape index (κ1) is 15.9. The number of nitrogens with one attached hydrogen (secondary N) is 1. The zero-order valence-electron chi connectivity index (χ0n) is 12.9. The van der Waals surface area contributed by atoms with E-state index in [0.29, 0.717) is 5.69 Å². The van der Waals surface area contributed by atoms with E-state index in [0.717, 1.165) is 4.57 Å². The molecule has 1 fully saturated rings. The van der Waals surface area contributed by atoms with Gasteiger partial charge in [-0.05, 0) is 19.1 Å². The summed E-state index contributed by atoms with van der Waals surface area (Å²) in [5.41, 5.74) is 21.9. The minimum absolute atomic E-state index is 0.0801. The van der Waals surface area contributed by atoms with E-state index in [2.05, 4.69) is 10.3 Å². The molecule has 0 spiro atoms. The van der Waals surface area contributed by atoms with E-state index in [1.807, 2.05) is 0 Å². The van der Waals surface area contributed by atoms with E-state index in [1.54, 1.807) is 0 Å². The third kappa shape index (κ3) is 2.04. The van der Waals surface area contributed by atoms with Gasteiger partial charge in [-0.3, -0.25) is 30.0 Å². The normalized spacial score (nSPS) is 24.2. The lowest BCUT2D eigenvalue weighted by atomic mass is 9.92. The number of nitrogen functional groups attached to an aromatic ring is 2. The summed E-state index contributed by atoms with van der Waals surface area (Å²) in [7, 11) is 0. The lowest BCUT2D eigenvalue weighted by Gasteiger charge is -2.38. The second-order valence-electron chi connectivity index (χ2n) is 5.82. The van der Waals surface area contributed by atoms with Crippen molar-refractivity contribution in [2.75, 3.05) is 11.5 Å². The summed E-state index contributed by atoms with van der Waals surface area (Å²) in [6.07, 6.45) is -0.205. The topological polar surface area (TPSA) is 185 Å². The predicted molar refractivity (Wildman–Crippen MR) is 87.5 cm³/mol. The molecule has 10 nitrogen and oxygen atoms in total. The van der Waals surface area contributed by atoms with Gasteiger partial charge in [0.2, 0.25) is 5.91 Å². The highest BCUT2D eigenvalue weighted by molar-refractivity contribution is 6.02. The number of benzene rings is 1. The van der Waals surface area contributed by atoms with Crippen molar-refractivity contribution in [3.8, 4) is 0 Å². The van der Waals surface area contributed by atoms with Crippen molar-refractivity contribution in [1.82, 2.24) is 14.9 Å². The SMILES string of the molecule is Cc1nc2cc(N)cc(N)c2c(=O)n1C1(N)C(=O)NC(=O)CC1N. The number of aromatic nitrogens is 2. The van der Waals surface area contributed by atoms with Gasteiger partial charge in [0.1, 0.15) is 5.82 Å². The molecule has 3 rings (SSSR count). The fourth-order valence-electron chi connectivity index (χ4n) is 2.98. The van der Waals surface area contributed by atoms with Crippen molar-refractivity contribution in [3.63, 3.8) is 0 Å². The number of carbonyl (C=O) groups excluding carboxylic acids is 2. The number of fused-ring (bicyclic) bond motifs is 1. The Morgan fingerprint density at radius 3 is 2.58 bits per heavy atom. The van der Waals surface area contributed by atoms with Gasteiger partial charge < -0.3 is 17.2 Å². The van der Waals surface area contributed by atoms with Gasteiger partial charge >= 0.3 is 0 Å². The van der Waals surface area contributed by atoms with Crippen LogP contribution in [0, 0.1) is 6.92 Å². The van der Waals surface area contributed by atoms with Gasteiger partial charge in [0.25, 0.3) is 11.5 Å². The minimum atomic E-state index is -1.95. The molecule has 24 heavy (non-hydrogen) atoms. The average molecular weight is 331 g/mol. The third-order valence-electron chi connectivity index (χ3n) is 4.15. The maximum atomic E-state index is 13.0. The van der Waals surface area contributed by atoms with E-state index in [9.17, 15) is 14.4 Å². The zero-order valence-corrected chi connectivity index (χ0v) is 12.9. The zero-order chi connectivity index (χ0) is 17.8. The van der Waals surface area contributed by atoms with Gasteiger partial charge in [-0.25, -0.2) is 4.98 Å². The summed E-state index contributed by atoms with van der Waals surface area (Å²) in [6.45, 7) is 1.51. The van der Waals surface area contributed by atoms with Gasteiger partial charge in [0.15, 0.2) is 5.66 Å². The average Bonchev–Trinajstić information content (AvgIpc) is 2.43. The summed E-state index contributed by atoms with van der Waals surface area (Å²) in [6, 6.07) is 1.82. The number of nitrogens with two attached hydrogens (primary N) is 4.